The van der Waals surface area contributed by atoms with E-state index in [1.807, 2.05) is 0 Å². The average molecular weight is 366 g/mol. The monoisotopic (exact) mass is 365 g/mol. The second-order valence-electron chi connectivity index (χ2n) is 4.52. The van der Waals surface area contributed by atoms with Gasteiger partial charge in [-0.3, -0.25) is 9.59 Å². The standard InChI is InChI=1S/C16H13Cl2N3O3/c1-24-14-5-3-2-4-10(14)9-19-21-16(23)15(22)20-13-8-11(17)6-7-12(13)18/h2-9H,1H3,(H,20,22)(H,21,23)/b19-9-. The summed E-state index contributed by atoms with van der Waals surface area (Å²) in [7, 11) is 1.52. The molecule has 0 aliphatic heterocycles. The molecule has 0 aromatic heterocycles. The van der Waals surface area contributed by atoms with E-state index in [2.05, 4.69) is 15.8 Å². The van der Waals surface area contributed by atoms with Crippen LogP contribution in [0, 0.1) is 0 Å². The lowest BCUT2D eigenvalue weighted by Crippen LogP contribution is -2.32. The smallest absolute Gasteiger partial charge is 0.329 e. The summed E-state index contributed by atoms with van der Waals surface area (Å²) < 4.78 is 5.14. The minimum absolute atomic E-state index is 0.234. The molecule has 0 saturated carbocycles. The van der Waals surface area contributed by atoms with Crippen LogP contribution in [-0.4, -0.2) is 25.1 Å². The van der Waals surface area contributed by atoms with Crippen molar-refractivity contribution >= 4 is 46.9 Å². The molecule has 2 aromatic rings. The number of nitrogens with one attached hydrogen (secondary N) is 2. The summed E-state index contributed by atoms with van der Waals surface area (Å²) in [5, 5.41) is 6.73. The van der Waals surface area contributed by atoms with E-state index in [9.17, 15) is 9.59 Å². The Labute approximate surface area is 148 Å². The zero-order valence-electron chi connectivity index (χ0n) is 12.5. The Bertz CT molecular complexity index is 794. The minimum atomic E-state index is -0.947. The fourth-order valence-corrected chi connectivity index (χ4v) is 2.09. The van der Waals surface area contributed by atoms with Crippen LogP contribution in [0.5, 0.6) is 5.75 Å². The molecule has 0 aliphatic rings. The second-order valence-corrected chi connectivity index (χ2v) is 5.36. The van der Waals surface area contributed by atoms with E-state index in [0.717, 1.165) is 0 Å². The Morgan fingerprint density at radius 3 is 2.62 bits per heavy atom. The highest BCUT2D eigenvalue weighted by Gasteiger charge is 2.14. The SMILES string of the molecule is COc1ccccc1/C=N\NC(=O)C(=O)Nc1cc(Cl)ccc1Cl. The molecule has 124 valence electrons. The third-order valence-corrected chi connectivity index (χ3v) is 3.46. The van der Waals surface area contributed by atoms with Gasteiger partial charge in [-0.05, 0) is 30.3 Å². The first-order chi connectivity index (χ1) is 11.5. The Kier molecular flexibility index (Phi) is 6.17. The van der Waals surface area contributed by atoms with Gasteiger partial charge in [0, 0.05) is 10.6 Å². The number of ether oxygens (including phenoxy) is 1. The molecule has 24 heavy (non-hydrogen) atoms. The number of carbonyl (C=O) groups excluding carboxylic acids is 2. The summed E-state index contributed by atoms with van der Waals surface area (Å²) in [5.41, 5.74) is 3.01. The summed E-state index contributed by atoms with van der Waals surface area (Å²) in [4.78, 5) is 23.6. The molecule has 0 radical (unpaired) electrons. The highest BCUT2D eigenvalue weighted by molar-refractivity contribution is 6.42. The fourth-order valence-electron chi connectivity index (χ4n) is 1.76. The molecule has 0 bridgehead atoms. The van der Waals surface area contributed by atoms with Crippen LogP contribution in [0.1, 0.15) is 5.56 Å². The van der Waals surface area contributed by atoms with E-state index in [1.54, 1.807) is 30.3 Å². The molecule has 2 amide bonds. The number of halogens is 2. The van der Waals surface area contributed by atoms with Gasteiger partial charge in [0.1, 0.15) is 5.75 Å². The van der Waals surface area contributed by atoms with Crippen molar-refractivity contribution in [2.75, 3.05) is 12.4 Å². The van der Waals surface area contributed by atoms with Crippen molar-refractivity contribution in [2.24, 2.45) is 5.10 Å². The minimum Gasteiger partial charge on any atom is -0.496 e. The molecule has 0 aliphatic carbocycles. The topological polar surface area (TPSA) is 79.8 Å². The van der Waals surface area contributed by atoms with E-state index in [4.69, 9.17) is 27.9 Å². The molecule has 6 nitrogen and oxygen atoms in total. The predicted octanol–water partition coefficient (Wildman–Crippen LogP) is 3.09. The normalized spacial score (nSPS) is 10.5. The van der Waals surface area contributed by atoms with E-state index in [-0.39, 0.29) is 10.7 Å². The summed E-state index contributed by atoms with van der Waals surface area (Å²) in [5.74, 6) is -1.28. The lowest BCUT2D eigenvalue weighted by molar-refractivity contribution is -0.136. The van der Waals surface area contributed by atoms with E-state index in [1.165, 1.54) is 25.5 Å². The number of nitrogens with zero attached hydrogens (tertiary/aromatic N) is 1. The number of hydrazone groups is 1. The van der Waals surface area contributed by atoms with Crippen LogP contribution < -0.4 is 15.5 Å². The van der Waals surface area contributed by atoms with Crippen molar-refractivity contribution in [3.05, 3.63) is 58.1 Å². The number of methoxy groups -OCH3 is 1. The maximum atomic E-state index is 11.8. The van der Waals surface area contributed by atoms with Crippen molar-refractivity contribution < 1.29 is 14.3 Å². The van der Waals surface area contributed by atoms with Gasteiger partial charge >= 0.3 is 11.8 Å². The van der Waals surface area contributed by atoms with Crippen LogP contribution in [0.25, 0.3) is 0 Å². The van der Waals surface area contributed by atoms with Crippen LogP contribution >= 0.6 is 23.2 Å². The first-order valence-corrected chi connectivity index (χ1v) is 7.49. The first kappa shape index (κ1) is 17.8. The first-order valence-electron chi connectivity index (χ1n) is 6.73. The zero-order chi connectivity index (χ0) is 17.5. The van der Waals surface area contributed by atoms with Crippen molar-refractivity contribution in [3.8, 4) is 5.75 Å². The number of hydrogen-bond acceptors (Lipinski definition) is 4. The number of para-hydroxylation sites is 1. The van der Waals surface area contributed by atoms with Gasteiger partial charge in [0.15, 0.2) is 0 Å². The average Bonchev–Trinajstić information content (AvgIpc) is 2.58. The van der Waals surface area contributed by atoms with Gasteiger partial charge in [0.05, 0.1) is 24.0 Å². The van der Waals surface area contributed by atoms with Gasteiger partial charge in [-0.25, -0.2) is 5.43 Å². The number of rotatable bonds is 4. The van der Waals surface area contributed by atoms with Crippen molar-refractivity contribution in [1.82, 2.24) is 5.43 Å². The maximum absolute atomic E-state index is 11.8. The molecular formula is C16H13Cl2N3O3. The number of amides is 2. The van der Waals surface area contributed by atoms with Gasteiger partial charge in [-0.15, -0.1) is 0 Å². The number of hydrogen-bond donors (Lipinski definition) is 2. The summed E-state index contributed by atoms with van der Waals surface area (Å²) in [6.45, 7) is 0. The largest absolute Gasteiger partial charge is 0.496 e. The van der Waals surface area contributed by atoms with Crippen molar-refractivity contribution in [2.45, 2.75) is 0 Å². The number of carbonyl (C=O) groups is 2. The lowest BCUT2D eigenvalue weighted by atomic mass is 10.2. The number of benzene rings is 2. The lowest BCUT2D eigenvalue weighted by Gasteiger charge is -2.06. The molecule has 0 spiro atoms. The third-order valence-electron chi connectivity index (χ3n) is 2.89. The molecule has 0 heterocycles. The summed E-state index contributed by atoms with van der Waals surface area (Å²) in [6, 6.07) is 11.6. The Hall–Kier alpha value is -2.57. The van der Waals surface area contributed by atoms with Gasteiger partial charge in [-0.2, -0.15) is 5.10 Å². The molecule has 0 atom stereocenters. The Morgan fingerprint density at radius 2 is 1.88 bits per heavy atom. The Balaban J connectivity index is 1.98. The van der Waals surface area contributed by atoms with Gasteiger partial charge in [0.2, 0.25) is 0 Å². The predicted molar refractivity (Wildman–Crippen MR) is 93.8 cm³/mol. The van der Waals surface area contributed by atoms with Crippen molar-refractivity contribution in [1.29, 1.82) is 0 Å². The second kappa shape index (κ2) is 8.33. The van der Waals surface area contributed by atoms with Gasteiger partial charge in [-0.1, -0.05) is 35.3 Å². The highest BCUT2D eigenvalue weighted by Crippen LogP contribution is 2.25. The zero-order valence-corrected chi connectivity index (χ0v) is 14.1. The molecule has 0 unspecified atom stereocenters. The summed E-state index contributed by atoms with van der Waals surface area (Å²) in [6.07, 6.45) is 1.37. The van der Waals surface area contributed by atoms with Gasteiger partial charge < -0.3 is 10.1 Å². The van der Waals surface area contributed by atoms with Crippen LogP contribution in [0.15, 0.2) is 47.6 Å². The van der Waals surface area contributed by atoms with E-state index < -0.39 is 11.8 Å². The molecule has 2 aromatic carbocycles. The molecule has 0 saturated heterocycles. The van der Waals surface area contributed by atoms with Crippen molar-refractivity contribution in [3.63, 3.8) is 0 Å². The van der Waals surface area contributed by atoms with Gasteiger partial charge in [0.25, 0.3) is 0 Å². The third kappa shape index (κ3) is 4.71. The fraction of sp³-hybridized carbons (Fsp3) is 0.0625. The molecule has 8 heteroatoms. The Morgan fingerprint density at radius 1 is 1.12 bits per heavy atom. The molecular weight excluding hydrogens is 353 g/mol. The molecule has 0 fully saturated rings. The maximum Gasteiger partial charge on any atom is 0.329 e. The molecule has 2 rings (SSSR count). The van der Waals surface area contributed by atoms with Crippen LogP contribution in [-0.2, 0) is 9.59 Å². The highest BCUT2D eigenvalue weighted by atomic mass is 35.5. The molecule has 2 N–H and O–H groups in total. The van der Waals surface area contributed by atoms with Crippen LogP contribution in [0.2, 0.25) is 10.0 Å². The van der Waals surface area contributed by atoms with Crippen LogP contribution in [0.3, 0.4) is 0 Å². The van der Waals surface area contributed by atoms with E-state index in [0.29, 0.717) is 16.3 Å². The summed E-state index contributed by atoms with van der Waals surface area (Å²) >= 11 is 11.7. The van der Waals surface area contributed by atoms with E-state index >= 15 is 0 Å². The quantitative estimate of drug-likeness (QED) is 0.496. The number of anilines is 1. The van der Waals surface area contributed by atoms with Crippen LogP contribution in [0.4, 0.5) is 5.69 Å².